The maximum Gasteiger partial charge on any atom is 0.205 e. The van der Waals surface area contributed by atoms with Crippen LogP contribution in [0.1, 0.15) is 43.5 Å². The van der Waals surface area contributed by atoms with Gasteiger partial charge in [0.1, 0.15) is 5.01 Å². The molecule has 0 radical (unpaired) electrons. The summed E-state index contributed by atoms with van der Waals surface area (Å²) in [5.74, 6) is 0.948. The Bertz CT molecular complexity index is 390. The second-order valence-electron chi connectivity index (χ2n) is 5.48. The van der Waals surface area contributed by atoms with Crippen LogP contribution in [0.2, 0.25) is 0 Å². The lowest BCUT2D eigenvalue weighted by Crippen LogP contribution is -2.46. The maximum atomic E-state index is 4.28. The van der Waals surface area contributed by atoms with Gasteiger partial charge in [0.05, 0.1) is 6.54 Å². The lowest BCUT2D eigenvalue weighted by Gasteiger charge is -2.43. The molecule has 2 fully saturated rings. The first-order valence-corrected chi connectivity index (χ1v) is 7.92. The molecule has 1 aromatic rings. The highest BCUT2D eigenvalue weighted by atomic mass is 32.1. The van der Waals surface area contributed by atoms with E-state index in [-0.39, 0.29) is 0 Å². The molecule has 18 heavy (non-hydrogen) atoms. The third-order valence-electron chi connectivity index (χ3n) is 4.38. The summed E-state index contributed by atoms with van der Waals surface area (Å²) in [6.07, 6.45) is 8.49. The molecule has 0 spiro atoms. The molecule has 2 atom stereocenters. The minimum Gasteiger partial charge on any atom is -0.363 e. The Morgan fingerprint density at radius 2 is 2.06 bits per heavy atom. The van der Waals surface area contributed by atoms with Crippen LogP contribution in [-0.4, -0.2) is 34.7 Å². The second kappa shape index (κ2) is 5.53. The van der Waals surface area contributed by atoms with Crippen molar-refractivity contribution in [2.24, 2.45) is 5.92 Å². The Morgan fingerprint density at radius 1 is 1.22 bits per heavy atom. The predicted octanol–water partition coefficient (Wildman–Crippen LogP) is 2.73. The quantitative estimate of drug-likeness (QED) is 0.913. The molecule has 1 aromatic heterocycles. The molecule has 1 saturated carbocycles. The summed E-state index contributed by atoms with van der Waals surface area (Å²) in [6, 6.07) is 0.814. The summed E-state index contributed by atoms with van der Waals surface area (Å²) in [5, 5.41) is 13.6. The predicted molar refractivity (Wildman–Crippen MR) is 74.8 cm³/mol. The van der Waals surface area contributed by atoms with Crippen LogP contribution in [0.5, 0.6) is 0 Å². The summed E-state index contributed by atoms with van der Waals surface area (Å²) in [7, 11) is 1.91. The van der Waals surface area contributed by atoms with E-state index >= 15 is 0 Å². The third-order valence-corrected chi connectivity index (χ3v) is 5.30. The van der Waals surface area contributed by atoms with Gasteiger partial charge in [0.2, 0.25) is 5.13 Å². The minimum atomic E-state index is 0.814. The van der Waals surface area contributed by atoms with Crippen molar-refractivity contribution in [3.63, 3.8) is 0 Å². The number of likely N-dealkylation sites (tertiary alicyclic amines) is 1. The number of rotatable bonds is 3. The van der Waals surface area contributed by atoms with Crippen LogP contribution in [-0.2, 0) is 6.54 Å². The van der Waals surface area contributed by atoms with Crippen molar-refractivity contribution in [2.75, 3.05) is 18.9 Å². The van der Waals surface area contributed by atoms with E-state index < -0.39 is 0 Å². The normalized spacial score (nSPS) is 28.9. The van der Waals surface area contributed by atoms with Crippen molar-refractivity contribution in [3.8, 4) is 0 Å². The van der Waals surface area contributed by atoms with Crippen molar-refractivity contribution >= 4 is 16.5 Å². The van der Waals surface area contributed by atoms with Gasteiger partial charge in [-0.2, -0.15) is 0 Å². The second-order valence-corrected chi connectivity index (χ2v) is 6.54. The lowest BCUT2D eigenvalue weighted by atomic mass is 9.78. The summed E-state index contributed by atoms with van der Waals surface area (Å²) in [6.45, 7) is 2.25. The number of piperidine rings is 1. The Labute approximate surface area is 113 Å². The standard InChI is InChI=1S/C13H22N4S/c1-14-13-16-15-12(18-13)9-17-8-4-6-10-5-2-3-7-11(10)17/h10-11H,2-9H2,1H3,(H,14,16). The van der Waals surface area contributed by atoms with Gasteiger partial charge < -0.3 is 5.32 Å². The van der Waals surface area contributed by atoms with E-state index in [1.807, 2.05) is 7.05 Å². The van der Waals surface area contributed by atoms with Crippen LogP contribution in [0.15, 0.2) is 0 Å². The van der Waals surface area contributed by atoms with Crippen LogP contribution in [0.4, 0.5) is 5.13 Å². The van der Waals surface area contributed by atoms with Gasteiger partial charge in [-0.1, -0.05) is 24.2 Å². The topological polar surface area (TPSA) is 41.1 Å². The SMILES string of the molecule is CNc1nnc(CN2CCCC3CCCCC32)s1. The van der Waals surface area contributed by atoms with Crippen molar-refractivity contribution in [1.29, 1.82) is 0 Å². The average molecular weight is 266 g/mol. The number of nitrogens with zero attached hydrogens (tertiary/aromatic N) is 3. The van der Waals surface area contributed by atoms with Crippen LogP contribution in [0, 0.1) is 5.92 Å². The van der Waals surface area contributed by atoms with Crippen molar-refractivity contribution < 1.29 is 0 Å². The minimum absolute atomic E-state index is 0.814. The molecule has 0 amide bonds. The van der Waals surface area contributed by atoms with Gasteiger partial charge in [0, 0.05) is 13.1 Å². The number of nitrogens with one attached hydrogen (secondary N) is 1. The zero-order valence-electron chi connectivity index (χ0n) is 11.1. The smallest absolute Gasteiger partial charge is 0.205 e. The number of hydrogen-bond donors (Lipinski definition) is 1. The molecule has 4 nitrogen and oxygen atoms in total. The zero-order chi connectivity index (χ0) is 12.4. The Kier molecular flexibility index (Phi) is 3.80. The molecule has 1 aliphatic carbocycles. The summed E-state index contributed by atoms with van der Waals surface area (Å²) in [5.41, 5.74) is 0. The van der Waals surface area contributed by atoms with E-state index in [9.17, 15) is 0 Å². The van der Waals surface area contributed by atoms with Crippen molar-refractivity contribution in [2.45, 2.75) is 51.1 Å². The number of aromatic nitrogens is 2. The number of anilines is 1. The zero-order valence-corrected chi connectivity index (χ0v) is 11.9. The van der Waals surface area contributed by atoms with Gasteiger partial charge in [-0.25, -0.2) is 0 Å². The van der Waals surface area contributed by atoms with E-state index in [0.29, 0.717) is 0 Å². The van der Waals surface area contributed by atoms with Crippen LogP contribution >= 0.6 is 11.3 Å². The van der Waals surface area contributed by atoms with E-state index in [1.165, 1.54) is 45.1 Å². The Morgan fingerprint density at radius 3 is 2.89 bits per heavy atom. The molecule has 100 valence electrons. The number of fused-ring (bicyclic) bond motifs is 1. The van der Waals surface area contributed by atoms with Crippen LogP contribution in [0.25, 0.3) is 0 Å². The molecule has 3 rings (SSSR count). The summed E-state index contributed by atoms with van der Waals surface area (Å²) in [4.78, 5) is 2.66. The molecule has 1 N–H and O–H groups in total. The van der Waals surface area contributed by atoms with Crippen molar-refractivity contribution in [1.82, 2.24) is 15.1 Å². The Hall–Kier alpha value is -0.680. The number of hydrogen-bond acceptors (Lipinski definition) is 5. The van der Waals surface area contributed by atoms with Gasteiger partial charge in [-0.3, -0.25) is 4.90 Å². The monoisotopic (exact) mass is 266 g/mol. The van der Waals surface area contributed by atoms with Gasteiger partial charge >= 0.3 is 0 Å². The fourth-order valence-electron chi connectivity index (χ4n) is 3.52. The first-order chi connectivity index (χ1) is 8.86. The highest BCUT2D eigenvalue weighted by Gasteiger charge is 2.33. The van der Waals surface area contributed by atoms with Crippen LogP contribution < -0.4 is 5.32 Å². The molecule has 1 saturated heterocycles. The van der Waals surface area contributed by atoms with Gasteiger partial charge in [-0.15, -0.1) is 10.2 Å². The molecule has 0 bridgehead atoms. The largest absolute Gasteiger partial charge is 0.363 e. The molecule has 0 aromatic carbocycles. The fraction of sp³-hybridized carbons (Fsp3) is 0.846. The maximum absolute atomic E-state index is 4.28. The average Bonchev–Trinajstić information content (AvgIpc) is 2.87. The Balaban J connectivity index is 1.66. The summed E-state index contributed by atoms with van der Waals surface area (Å²) < 4.78 is 0. The van der Waals surface area contributed by atoms with E-state index in [4.69, 9.17) is 0 Å². The van der Waals surface area contributed by atoms with E-state index in [1.54, 1.807) is 11.3 Å². The molecule has 2 aliphatic rings. The first kappa shape index (κ1) is 12.4. The van der Waals surface area contributed by atoms with Crippen LogP contribution in [0.3, 0.4) is 0 Å². The lowest BCUT2D eigenvalue weighted by molar-refractivity contribution is 0.0545. The first-order valence-electron chi connectivity index (χ1n) is 7.11. The molecule has 2 unspecified atom stereocenters. The summed E-state index contributed by atoms with van der Waals surface area (Å²) >= 11 is 1.69. The molecular weight excluding hydrogens is 244 g/mol. The molecular formula is C13H22N4S. The van der Waals surface area contributed by atoms with E-state index in [2.05, 4.69) is 20.4 Å². The van der Waals surface area contributed by atoms with E-state index in [0.717, 1.165) is 28.6 Å². The van der Waals surface area contributed by atoms with Gasteiger partial charge in [0.25, 0.3) is 0 Å². The molecule has 2 heterocycles. The molecule has 5 heteroatoms. The van der Waals surface area contributed by atoms with Gasteiger partial charge in [0.15, 0.2) is 0 Å². The third kappa shape index (κ3) is 2.52. The van der Waals surface area contributed by atoms with Crippen molar-refractivity contribution in [3.05, 3.63) is 5.01 Å². The highest BCUT2D eigenvalue weighted by Crippen LogP contribution is 2.36. The fourth-order valence-corrected chi connectivity index (χ4v) is 4.24. The van der Waals surface area contributed by atoms with Gasteiger partial charge in [-0.05, 0) is 38.1 Å². The molecule has 1 aliphatic heterocycles. The highest BCUT2D eigenvalue weighted by molar-refractivity contribution is 7.15.